The summed E-state index contributed by atoms with van der Waals surface area (Å²) < 4.78 is 30.7. The highest BCUT2D eigenvalue weighted by Gasteiger charge is 2.08. The predicted octanol–water partition coefficient (Wildman–Crippen LogP) is 2.02. The van der Waals surface area contributed by atoms with Crippen LogP contribution in [0, 0.1) is 0 Å². The summed E-state index contributed by atoms with van der Waals surface area (Å²) in [5.41, 5.74) is 2.15. The van der Waals surface area contributed by atoms with E-state index < -0.39 is 10.1 Å². The lowest BCUT2D eigenvalue weighted by molar-refractivity contribution is 0.483. The Bertz CT molecular complexity index is 631. The van der Waals surface area contributed by atoms with Gasteiger partial charge in [-0.1, -0.05) is 36.4 Å². The molecule has 2 rings (SSSR count). The lowest BCUT2D eigenvalue weighted by Crippen LogP contribution is -1.98. The van der Waals surface area contributed by atoms with Crippen LogP contribution in [0.15, 0.2) is 53.4 Å². The van der Waals surface area contributed by atoms with E-state index in [1.165, 1.54) is 12.1 Å². The van der Waals surface area contributed by atoms with E-state index in [0.717, 1.165) is 22.9 Å². The highest BCUT2D eigenvalue weighted by atomic mass is 32.2. The minimum Gasteiger partial charge on any atom is -0.282 e. The van der Waals surface area contributed by atoms with Crippen molar-refractivity contribution in [3.63, 3.8) is 0 Å². The van der Waals surface area contributed by atoms with E-state index >= 15 is 0 Å². The van der Waals surface area contributed by atoms with Gasteiger partial charge in [0.05, 0.1) is 4.90 Å². The lowest BCUT2D eigenvalue weighted by atomic mass is 10.1. The predicted molar refractivity (Wildman–Crippen MR) is 74.8 cm³/mol. The van der Waals surface area contributed by atoms with Crippen LogP contribution < -0.4 is 5.30 Å². The first-order valence-corrected chi connectivity index (χ1v) is 7.38. The van der Waals surface area contributed by atoms with Crippen LogP contribution in [0.3, 0.4) is 0 Å². The van der Waals surface area contributed by atoms with E-state index in [-0.39, 0.29) is 4.90 Å². The summed E-state index contributed by atoms with van der Waals surface area (Å²) in [6.07, 6.45) is 0.733. The Morgan fingerprint density at radius 2 is 1.33 bits per heavy atom. The van der Waals surface area contributed by atoms with Gasteiger partial charge in [0.25, 0.3) is 10.1 Å². The van der Waals surface area contributed by atoms with Gasteiger partial charge in [-0.25, -0.2) is 0 Å². The van der Waals surface area contributed by atoms with E-state index in [2.05, 4.69) is 9.24 Å². The summed E-state index contributed by atoms with van der Waals surface area (Å²) >= 11 is 0. The molecule has 1 unspecified atom stereocenters. The van der Waals surface area contributed by atoms with Crippen molar-refractivity contribution in [2.75, 3.05) is 0 Å². The van der Waals surface area contributed by atoms with Crippen molar-refractivity contribution in [3.8, 4) is 0 Å². The molecule has 5 heteroatoms. The standard InChI is InChI=1S/C13H13O3PS/c14-18(15,16)13-7-3-11(4-8-13)9-10-1-5-12(17)6-2-10/h1-8H,9,17H2,(H,14,15,16). The van der Waals surface area contributed by atoms with Crippen molar-refractivity contribution in [2.24, 2.45) is 0 Å². The molecule has 0 bridgehead atoms. The molecule has 0 spiro atoms. The van der Waals surface area contributed by atoms with Gasteiger partial charge in [0.1, 0.15) is 0 Å². The molecular formula is C13H13O3PS. The summed E-state index contributed by atoms with van der Waals surface area (Å²) in [5.74, 6) is 0. The maximum atomic E-state index is 10.9. The van der Waals surface area contributed by atoms with Crippen LogP contribution in [0.1, 0.15) is 11.1 Å². The third-order valence-electron chi connectivity index (χ3n) is 2.61. The molecule has 0 saturated heterocycles. The second-order valence-electron chi connectivity index (χ2n) is 4.04. The van der Waals surface area contributed by atoms with Gasteiger partial charge in [-0.05, 0) is 35.0 Å². The molecule has 2 aromatic carbocycles. The second kappa shape index (κ2) is 5.19. The Hall–Kier alpha value is -1.22. The molecule has 0 fully saturated rings. The average molecular weight is 280 g/mol. The molecule has 0 aliphatic rings. The van der Waals surface area contributed by atoms with Crippen molar-refractivity contribution in [1.82, 2.24) is 0 Å². The van der Waals surface area contributed by atoms with Crippen LogP contribution in [0.2, 0.25) is 0 Å². The smallest absolute Gasteiger partial charge is 0.282 e. The third kappa shape index (κ3) is 3.39. The van der Waals surface area contributed by atoms with Crippen LogP contribution >= 0.6 is 9.24 Å². The minimum absolute atomic E-state index is 0.0773. The minimum atomic E-state index is -4.10. The van der Waals surface area contributed by atoms with Crippen molar-refractivity contribution in [1.29, 1.82) is 0 Å². The normalized spacial score (nSPS) is 11.4. The molecular weight excluding hydrogens is 267 g/mol. The second-order valence-corrected chi connectivity index (χ2v) is 6.13. The highest BCUT2D eigenvalue weighted by Crippen LogP contribution is 2.13. The van der Waals surface area contributed by atoms with Gasteiger partial charge < -0.3 is 0 Å². The van der Waals surface area contributed by atoms with Crippen LogP contribution in [-0.2, 0) is 16.5 Å². The monoisotopic (exact) mass is 280 g/mol. The molecule has 1 N–H and O–H groups in total. The maximum absolute atomic E-state index is 10.9. The zero-order valence-corrected chi connectivity index (χ0v) is 11.5. The molecule has 0 radical (unpaired) electrons. The van der Waals surface area contributed by atoms with Crippen LogP contribution in [0.4, 0.5) is 0 Å². The molecule has 1 atom stereocenters. The first-order chi connectivity index (χ1) is 8.45. The molecule has 0 heterocycles. The largest absolute Gasteiger partial charge is 0.294 e. The van der Waals surface area contributed by atoms with Gasteiger partial charge in [-0.3, -0.25) is 4.55 Å². The van der Waals surface area contributed by atoms with Crippen molar-refractivity contribution in [2.45, 2.75) is 11.3 Å². The molecule has 3 nitrogen and oxygen atoms in total. The Morgan fingerprint density at radius 3 is 1.78 bits per heavy atom. The number of benzene rings is 2. The van der Waals surface area contributed by atoms with Gasteiger partial charge in [-0.15, -0.1) is 9.24 Å². The Balaban J connectivity index is 2.18. The molecule has 0 aliphatic heterocycles. The first kappa shape index (κ1) is 13.2. The fourth-order valence-corrected chi connectivity index (χ4v) is 2.32. The van der Waals surface area contributed by atoms with Crippen molar-refractivity contribution < 1.29 is 13.0 Å². The van der Waals surface area contributed by atoms with Gasteiger partial charge in [0.2, 0.25) is 0 Å². The van der Waals surface area contributed by atoms with E-state index in [1.54, 1.807) is 12.1 Å². The van der Waals surface area contributed by atoms with Crippen LogP contribution in [0.25, 0.3) is 0 Å². The molecule has 0 saturated carbocycles. The highest BCUT2D eigenvalue weighted by molar-refractivity contribution is 7.85. The quantitative estimate of drug-likeness (QED) is 0.691. The van der Waals surface area contributed by atoms with E-state index in [4.69, 9.17) is 4.55 Å². The Morgan fingerprint density at radius 1 is 0.889 bits per heavy atom. The molecule has 0 aromatic heterocycles. The summed E-state index contributed by atoms with van der Waals surface area (Å²) in [4.78, 5) is -0.0773. The Kier molecular flexibility index (Phi) is 3.81. The molecule has 94 valence electrons. The van der Waals surface area contributed by atoms with Crippen molar-refractivity contribution >= 4 is 24.7 Å². The van der Waals surface area contributed by atoms with Gasteiger partial charge in [0, 0.05) is 0 Å². The number of hydrogen-bond donors (Lipinski definition) is 1. The van der Waals surface area contributed by atoms with E-state index in [1.807, 2.05) is 24.3 Å². The summed E-state index contributed by atoms with van der Waals surface area (Å²) in [5, 5.41) is 1.13. The zero-order chi connectivity index (χ0) is 13.2. The maximum Gasteiger partial charge on any atom is 0.294 e. The molecule has 18 heavy (non-hydrogen) atoms. The average Bonchev–Trinajstić information content (AvgIpc) is 2.32. The summed E-state index contributed by atoms with van der Waals surface area (Å²) in [7, 11) is -1.47. The topological polar surface area (TPSA) is 54.4 Å². The van der Waals surface area contributed by atoms with E-state index in [9.17, 15) is 8.42 Å². The van der Waals surface area contributed by atoms with E-state index in [0.29, 0.717) is 0 Å². The molecule has 0 amide bonds. The van der Waals surface area contributed by atoms with Crippen LogP contribution in [-0.4, -0.2) is 13.0 Å². The van der Waals surface area contributed by atoms with Gasteiger partial charge in [-0.2, -0.15) is 8.42 Å². The van der Waals surface area contributed by atoms with Gasteiger partial charge in [0.15, 0.2) is 0 Å². The first-order valence-electron chi connectivity index (χ1n) is 5.36. The van der Waals surface area contributed by atoms with Gasteiger partial charge >= 0.3 is 0 Å². The number of rotatable bonds is 3. The van der Waals surface area contributed by atoms with Crippen LogP contribution in [0.5, 0.6) is 0 Å². The Labute approximate surface area is 109 Å². The summed E-state index contributed by atoms with van der Waals surface area (Å²) in [6, 6.07) is 14.3. The molecule has 2 aromatic rings. The lowest BCUT2D eigenvalue weighted by Gasteiger charge is -2.03. The fraction of sp³-hybridized carbons (Fsp3) is 0.0769. The third-order valence-corrected chi connectivity index (χ3v) is 3.86. The summed E-state index contributed by atoms with van der Waals surface area (Å²) in [6.45, 7) is 0. The zero-order valence-electron chi connectivity index (χ0n) is 9.58. The number of hydrogen-bond acceptors (Lipinski definition) is 2. The van der Waals surface area contributed by atoms with Crippen molar-refractivity contribution in [3.05, 3.63) is 59.7 Å². The fourth-order valence-electron chi connectivity index (χ4n) is 1.65. The molecule has 0 aliphatic carbocycles. The SMILES string of the molecule is O=S(=O)(O)c1ccc(Cc2ccc(P)cc2)cc1.